The summed E-state index contributed by atoms with van der Waals surface area (Å²) in [5, 5.41) is 3.87. The predicted octanol–water partition coefficient (Wildman–Crippen LogP) is 3.83. The van der Waals surface area contributed by atoms with Crippen molar-refractivity contribution in [3.63, 3.8) is 0 Å². The fourth-order valence-electron chi connectivity index (χ4n) is 4.32. The molecule has 5 heteroatoms. The number of anilines is 1. The zero-order valence-corrected chi connectivity index (χ0v) is 15.7. The lowest BCUT2D eigenvalue weighted by Gasteiger charge is -2.45. The van der Waals surface area contributed by atoms with E-state index in [2.05, 4.69) is 40.2 Å². The van der Waals surface area contributed by atoms with E-state index in [1.54, 1.807) is 0 Å². The molecule has 4 rings (SSSR count). The van der Waals surface area contributed by atoms with Gasteiger partial charge in [0.05, 0.1) is 6.67 Å². The number of benzene rings is 2. The largest absolute Gasteiger partial charge is 0.339 e. The normalized spacial score (nSPS) is 21.0. The average Bonchev–Trinajstić information content (AvgIpc) is 2.99. The molecule has 0 radical (unpaired) electrons. The van der Waals surface area contributed by atoms with Crippen molar-refractivity contribution in [2.75, 3.05) is 24.7 Å². The van der Waals surface area contributed by atoms with E-state index in [9.17, 15) is 4.79 Å². The standard InChI is InChI=1S/C21H24ClN3O/c1-16(18-9-5-6-10-19(18)22)24-13-11-21(12-14-24)20(26)23-15-25(21)17-7-3-2-4-8-17/h2-10,16H,11-15H2,1H3,(H,23,26). The van der Waals surface area contributed by atoms with Crippen LogP contribution in [0.15, 0.2) is 54.6 Å². The van der Waals surface area contributed by atoms with Gasteiger partial charge >= 0.3 is 0 Å². The van der Waals surface area contributed by atoms with Crippen LogP contribution in [0, 0.1) is 0 Å². The SMILES string of the molecule is CC(c1ccccc1Cl)N1CCC2(CC1)C(=O)NCN2c1ccccc1. The maximum Gasteiger partial charge on any atom is 0.247 e. The van der Waals surface area contributed by atoms with Gasteiger partial charge in [0.2, 0.25) is 5.91 Å². The third-order valence-electron chi connectivity index (χ3n) is 5.93. The predicted molar refractivity (Wildman–Crippen MR) is 105 cm³/mol. The molecule has 2 saturated heterocycles. The third kappa shape index (κ3) is 2.87. The van der Waals surface area contributed by atoms with E-state index < -0.39 is 5.54 Å². The molecule has 1 amide bonds. The third-order valence-corrected chi connectivity index (χ3v) is 6.28. The minimum absolute atomic E-state index is 0.159. The maximum absolute atomic E-state index is 12.7. The van der Waals surface area contributed by atoms with Crippen molar-refractivity contribution >= 4 is 23.2 Å². The number of rotatable bonds is 3. The molecule has 2 heterocycles. The lowest BCUT2D eigenvalue weighted by atomic mass is 9.84. The monoisotopic (exact) mass is 369 g/mol. The summed E-state index contributed by atoms with van der Waals surface area (Å²) in [6.07, 6.45) is 1.64. The number of carbonyl (C=O) groups is 1. The molecule has 2 fully saturated rings. The highest BCUT2D eigenvalue weighted by Gasteiger charge is 2.50. The van der Waals surface area contributed by atoms with Crippen molar-refractivity contribution in [1.82, 2.24) is 10.2 Å². The molecule has 0 aliphatic carbocycles. The first kappa shape index (κ1) is 17.4. The molecule has 1 spiro atoms. The van der Waals surface area contributed by atoms with Crippen LogP contribution in [0.3, 0.4) is 0 Å². The first-order valence-electron chi connectivity index (χ1n) is 9.21. The Hall–Kier alpha value is -2.04. The number of para-hydroxylation sites is 1. The van der Waals surface area contributed by atoms with Crippen molar-refractivity contribution < 1.29 is 4.79 Å². The summed E-state index contributed by atoms with van der Waals surface area (Å²) in [4.78, 5) is 17.4. The first-order chi connectivity index (χ1) is 12.6. The van der Waals surface area contributed by atoms with Gasteiger partial charge in [0, 0.05) is 29.8 Å². The molecular weight excluding hydrogens is 346 g/mol. The Morgan fingerprint density at radius 2 is 1.69 bits per heavy atom. The second-order valence-corrected chi connectivity index (χ2v) is 7.60. The molecule has 1 atom stereocenters. The second-order valence-electron chi connectivity index (χ2n) is 7.19. The lowest BCUT2D eigenvalue weighted by molar-refractivity contribution is -0.125. The van der Waals surface area contributed by atoms with Crippen LogP contribution in [0.4, 0.5) is 5.69 Å². The van der Waals surface area contributed by atoms with E-state index in [1.165, 1.54) is 0 Å². The number of hydrogen-bond acceptors (Lipinski definition) is 3. The van der Waals surface area contributed by atoms with Crippen LogP contribution in [0.2, 0.25) is 5.02 Å². The number of nitrogens with zero attached hydrogens (tertiary/aromatic N) is 2. The van der Waals surface area contributed by atoms with E-state index in [0.29, 0.717) is 6.67 Å². The maximum atomic E-state index is 12.7. The molecule has 2 aliphatic rings. The van der Waals surface area contributed by atoms with Crippen molar-refractivity contribution in [3.05, 3.63) is 65.2 Å². The van der Waals surface area contributed by atoms with E-state index in [4.69, 9.17) is 11.6 Å². The van der Waals surface area contributed by atoms with Crippen molar-refractivity contribution in [3.8, 4) is 0 Å². The first-order valence-corrected chi connectivity index (χ1v) is 9.59. The van der Waals surface area contributed by atoms with Gasteiger partial charge in [-0.15, -0.1) is 0 Å². The quantitative estimate of drug-likeness (QED) is 0.893. The average molecular weight is 370 g/mol. The van der Waals surface area contributed by atoms with Gasteiger partial charge in [-0.1, -0.05) is 48.0 Å². The zero-order valence-electron chi connectivity index (χ0n) is 15.0. The van der Waals surface area contributed by atoms with Gasteiger partial charge in [0.15, 0.2) is 0 Å². The Balaban J connectivity index is 1.53. The van der Waals surface area contributed by atoms with Crippen LogP contribution in [-0.2, 0) is 4.79 Å². The number of hydrogen-bond donors (Lipinski definition) is 1. The van der Waals surface area contributed by atoms with Crippen LogP contribution < -0.4 is 10.2 Å². The Bertz CT molecular complexity index is 787. The van der Waals surface area contributed by atoms with Crippen LogP contribution >= 0.6 is 11.6 Å². The van der Waals surface area contributed by atoms with Crippen molar-refractivity contribution in [2.24, 2.45) is 0 Å². The fourth-order valence-corrected chi connectivity index (χ4v) is 4.62. The second kappa shape index (κ2) is 6.93. The molecule has 4 nitrogen and oxygen atoms in total. The number of amides is 1. The van der Waals surface area contributed by atoms with Crippen molar-refractivity contribution in [2.45, 2.75) is 31.3 Å². The minimum Gasteiger partial charge on any atom is -0.339 e. The molecule has 2 aliphatic heterocycles. The number of halogens is 1. The molecule has 2 aromatic carbocycles. The summed E-state index contributed by atoms with van der Waals surface area (Å²) in [6.45, 7) is 4.54. The molecule has 26 heavy (non-hydrogen) atoms. The fraction of sp³-hybridized carbons (Fsp3) is 0.381. The van der Waals surface area contributed by atoms with Gasteiger partial charge in [0.1, 0.15) is 5.54 Å². The Kier molecular flexibility index (Phi) is 4.63. The highest BCUT2D eigenvalue weighted by molar-refractivity contribution is 6.31. The summed E-state index contributed by atoms with van der Waals surface area (Å²) in [6, 6.07) is 18.5. The molecule has 0 saturated carbocycles. The highest BCUT2D eigenvalue weighted by atomic mass is 35.5. The van der Waals surface area contributed by atoms with Gasteiger partial charge < -0.3 is 10.2 Å². The number of likely N-dealkylation sites (tertiary alicyclic amines) is 1. The summed E-state index contributed by atoms with van der Waals surface area (Å²) in [7, 11) is 0. The molecule has 1 unspecified atom stereocenters. The summed E-state index contributed by atoms with van der Waals surface area (Å²) >= 11 is 6.39. The minimum atomic E-state index is -0.432. The van der Waals surface area contributed by atoms with Crippen molar-refractivity contribution in [1.29, 1.82) is 0 Å². The molecule has 136 valence electrons. The lowest BCUT2D eigenvalue weighted by Crippen LogP contribution is -2.56. The molecule has 1 N–H and O–H groups in total. The highest BCUT2D eigenvalue weighted by Crippen LogP contribution is 2.38. The topological polar surface area (TPSA) is 35.6 Å². The Labute approximate surface area is 159 Å². The number of carbonyl (C=O) groups excluding carboxylic acids is 1. The molecule has 2 aromatic rings. The Morgan fingerprint density at radius 1 is 1.04 bits per heavy atom. The van der Waals surface area contributed by atoms with Gasteiger partial charge in [-0.05, 0) is 43.5 Å². The van der Waals surface area contributed by atoms with Crippen LogP contribution in [-0.4, -0.2) is 36.1 Å². The Morgan fingerprint density at radius 3 is 2.38 bits per heavy atom. The van der Waals surface area contributed by atoms with E-state index in [1.807, 2.05) is 36.4 Å². The van der Waals surface area contributed by atoms with E-state index in [-0.39, 0.29) is 11.9 Å². The summed E-state index contributed by atoms with van der Waals surface area (Å²) < 4.78 is 0. The van der Waals surface area contributed by atoms with Gasteiger partial charge in [-0.2, -0.15) is 0 Å². The molecular formula is C21H24ClN3O. The smallest absolute Gasteiger partial charge is 0.247 e. The zero-order chi connectivity index (χ0) is 18.1. The van der Waals surface area contributed by atoms with Crippen LogP contribution in [0.1, 0.15) is 31.4 Å². The van der Waals surface area contributed by atoms with Gasteiger partial charge in [0.25, 0.3) is 0 Å². The van der Waals surface area contributed by atoms with Gasteiger partial charge in [-0.3, -0.25) is 9.69 Å². The van der Waals surface area contributed by atoms with Crippen LogP contribution in [0.5, 0.6) is 0 Å². The van der Waals surface area contributed by atoms with Crippen LogP contribution in [0.25, 0.3) is 0 Å². The molecule has 0 aromatic heterocycles. The van der Waals surface area contributed by atoms with Gasteiger partial charge in [-0.25, -0.2) is 0 Å². The van der Waals surface area contributed by atoms with E-state index in [0.717, 1.165) is 42.2 Å². The molecule has 0 bridgehead atoms. The summed E-state index contributed by atoms with van der Waals surface area (Å²) in [5.74, 6) is 0.159. The summed E-state index contributed by atoms with van der Waals surface area (Å²) in [5.41, 5.74) is 1.83. The number of piperidine rings is 1. The van der Waals surface area contributed by atoms with E-state index >= 15 is 0 Å². The number of nitrogens with one attached hydrogen (secondary N) is 1.